The molecule has 4 nitrogen and oxygen atoms in total. The highest BCUT2D eigenvalue weighted by atomic mass is 79.9. The van der Waals surface area contributed by atoms with Crippen LogP contribution in [0.5, 0.6) is 5.88 Å². The van der Waals surface area contributed by atoms with Crippen LogP contribution in [0.15, 0.2) is 41.0 Å². The Bertz CT molecular complexity index is 708. The SMILES string of the molecule is O=C(Nc1ccc(OCC(F)(F)F)nc1)c1ccc(Br)cc1Cl. The minimum Gasteiger partial charge on any atom is -0.468 e. The molecule has 0 radical (unpaired) electrons. The van der Waals surface area contributed by atoms with Gasteiger partial charge in [0.1, 0.15) is 0 Å². The van der Waals surface area contributed by atoms with Crippen molar-refractivity contribution in [1.29, 1.82) is 0 Å². The van der Waals surface area contributed by atoms with E-state index < -0.39 is 18.7 Å². The Labute approximate surface area is 142 Å². The van der Waals surface area contributed by atoms with E-state index in [1.807, 2.05) is 0 Å². The average molecular weight is 410 g/mol. The standard InChI is InChI=1S/C14H9BrClF3N2O2/c15-8-1-3-10(11(16)5-8)13(22)21-9-2-4-12(20-6-9)23-7-14(17,18)19/h1-6H,7H2,(H,21,22). The zero-order valence-corrected chi connectivity index (χ0v) is 13.7. The minimum atomic E-state index is -4.44. The first kappa shape index (κ1) is 17.6. The zero-order chi connectivity index (χ0) is 17.0. The molecule has 2 rings (SSSR count). The second kappa shape index (κ2) is 7.18. The number of pyridine rings is 1. The molecule has 0 aliphatic heterocycles. The molecular weight excluding hydrogens is 401 g/mol. The number of halogens is 5. The van der Waals surface area contributed by atoms with Crippen LogP contribution in [0.1, 0.15) is 10.4 Å². The lowest BCUT2D eigenvalue weighted by Crippen LogP contribution is -2.19. The molecular formula is C14H9BrClF3N2O2. The fourth-order valence-corrected chi connectivity index (χ4v) is 2.33. The van der Waals surface area contributed by atoms with Crippen molar-refractivity contribution in [2.45, 2.75) is 6.18 Å². The first-order chi connectivity index (χ1) is 10.7. The van der Waals surface area contributed by atoms with Crippen LogP contribution in [-0.4, -0.2) is 23.7 Å². The minimum absolute atomic E-state index is 0.193. The highest BCUT2D eigenvalue weighted by Gasteiger charge is 2.28. The summed E-state index contributed by atoms with van der Waals surface area (Å²) in [6.45, 7) is -1.43. The van der Waals surface area contributed by atoms with Gasteiger partial charge in [0.2, 0.25) is 5.88 Å². The third-order valence-electron chi connectivity index (χ3n) is 2.55. The maximum atomic E-state index is 12.1. The van der Waals surface area contributed by atoms with Crippen molar-refractivity contribution in [1.82, 2.24) is 4.98 Å². The Kier molecular flexibility index (Phi) is 5.48. The Balaban J connectivity index is 2.01. The Morgan fingerprint density at radius 1 is 1.30 bits per heavy atom. The number of nitrogens with zero attached hydrogens (tertiary/aromatic N) is 1. The van der Waals surface area contributed by atoms with Crippen molar-refractivity contribution in [3.8, 4) is 5.88 Å². The van der Waals surface area contributed by atoms with Gasteiger partial charge in [-0.1, -0.05) is 27.5 Å². The van der Waals surface area contributed by atoms with Crippen LogP contribution in [0, 0.1) is 0 Å². The first-order valence-electron chi connectivity index (χ1n) is 6.16. The van der Waals surface area contributed by atoms with Gasteiger partial charge in [0.05, 0.1) is 22.5 Å². The predicted octanol–water partition coefficient (Wildman–Crippen LogP) is 4.69. The number of alkyl halides is 3. The quantitative estimate of drug-likeness (QED) is 0.797. The summed E-state index contributed by atoms with van der Waals surface area (Å²) in [5.41, 5.74) is 0.556. The van der Waals surface area contributed by atoms with E-state index in [-0.39, 0.29) is 16.5 Å². The lowest BCUT2D eigenvalue weighted by Gasteiger charge is -2.09. The molecule has 23 heavy (non-hydrogen) atoms. The van der Waals surface area contributed by atoms with Gasteiger partial charge in [-0.25, -0.2) is 4.98 Å². The van der Waals surface area contributed by atoms with Gasteiger partial charge in [-0.2, -0.15) is 13.2 Å². The molecule has 1 aromatic heterocycles. The summed E-state index contributed by atoms with van der Waals surface area (Å²) in [4.78, 5) is 15.8. The molecule has 0 aliphatic rings. The largest absolute Gasteiger partial charge is 0.468 e. The molecule has 0 saturated heterocycles. The number of anilines is 1. The van der Waals surface area contributed by atoms with Crippen molar-refractivity contribution >= 4 is 39.1 Å². The van der Waals surface area contributed by atoms with Gasteiger partial charge >= 0.3 is 6.18 Å². The summed E-state index contributed by atoms with van der Waals surface area (Å²) in [7, 11) is 0. The lowest BCUT2D eigenvalue weighted by molar-refractivity contribution is -0.154. The molecule has 0 saturated carbocycles. The zero-order valence-electron chi connectivity index (χ0n) is 11.3. The molecule has 0 atom stereocenters. The topological polar surface area (TPSA) is 51.2 Å². The molecule has 1 amide bonds. The summed E-state index contributed by atoms with van der Waals surface area (Å²) < 4.78 is 41.3. The van der Waals surface area contributed by atoms with Gasteiger partial charge < -0.3 is 10.1 Å². The first-order valence-corrected chi connectivity index (χ1v) is 7.34. The molecule has 1 aromatic carbocycles. The van der Waals surface area contributed by atoms with Crippen LogP contribution in [0.25, 0.3) is 0 Å². The van der Waals surface area contributed by atoms with Gasteiger partial charge in [-0.3, -0.25) is 4.79 Å². The van der Waals surface area contributed by atoms with E-state index in [4.69, 9.17) is 11.6 Å². The molecule has 2 aromatic rings. The summed E-state index contributed by atoms with van der Waals surface area (Å²) in [6.07, 6.45) is -3.25. The summed E-state index contributed by atoms with van der Waals surface area (Å²) in [5, 5.41) is 2.80. The van der Waals surface area contributed by atoms with Gasteiger partial charge in [0.25, 0.3) is 5.91 Å². The number of hydrogen-bond acceptors (Lipinski definition) is 3. The summed E-state index contributed by atoms with van der Waals surface area (Å²) in [6, 6.07) is 7.37. The summed E-state index contributed by atoms with van der Waals surface area (Å²) in [5.74, 6) is -0.657. The summed E-state index contributed by atoms with van der Waals surface area (Å²) >= 11 is 9.20. The smallest absolute Gasteiger partial charge is 0.422 e. The van der Waals surface area contributed by atoms with Crippen LogP contribution in [-0.2, 0) is 0 Å². The number of nitrogens with one attached hydrogen (secondary N) is 1. The van der Waals surface area contributed by atoms with E-state index in [0.29, 0.717) is 5.69 Å². The molecule has 122 valence electrons. The van der Waals surface area contributed by atoms with Crippen LogP contribution in [0.4, 0.5) is 18.9 Å². The van der Waals surface area contributed by atoms with Crippen LogP contribution < -0.4 is 10.1 Å². The van der Waals surface area contributed by atoms with Crippen LogP contribution in [0.3, 0.4) is 0 Å². The maximum Gasteiger partial charge on any atom is 0.422 e. The second-order valence-electron chi connectivity index (χ2n) is 4.37. The van der Waals surface area contributed by atoms with E-state index in [2.05, 4.69) is 31.0 Å². The fourth-order valence-electron chi connectivity index (χ4n) is 1.57. The monoisotopic (exact) mass is 408 g/mol. The van der Waals surface area contributed by atoms with Gasteiger partial charge in [0.15, 0.2) is 6.61 Å². The van der Waals surface area contributed by atoms with Gasteiger partial charge in [-0.05, 0) is 24.3 Å². The second-order valence-corrected chi connectivity index (χ2v) is 5.69. The maximum absolute atomic E-state index is 12.1. The molecule has 9 heteroatoms. The molecule has 0 fully saturated rings. The van der Waals surface area contributed by atoms with Crippen molar-refractivity contribution in [2.24, 2.45) is 0 Å². The molecule has 0 aliphatic carbocycles. The molecule has 0 unspecified atom stereocenters. The van der Waals surface area contributed by atoms with E-state index in [1.54, 1.807) is 12.1 Å². The number of amides is 1. The van der Waals surface area contributed by atoms with E-state index >= 15 is 0 Å². The average Bonchev–Trinajstić information content (AvgIpc) is 2.45. The highest BCUT2D eigenvalue weighted by molar-refractivity contribution is 9.10. The number of benzene rings is 1. The van der Waals surface area contributed by atoms with Crippen molar-refractivity contribution in [3.05, 3.63) is 51.6 Å². The highest BCUT2D eigenvalue weighted by Crippen LogP contribution is 2.23. The lowest BCUT2D eigenvalue weighted by atomic mass is 10.2. The van der Waals surface area contributed by atoms with E-state index in [1.165, 1.54) is 24.4 Å². The predicted molar refractivity (Wildman–Crippen MR) is 82.9 cm³/mol. The number of carbonyl (C=O) groups is 1. The van der Waals surface area contributed by atoms with Gasteiger partial charge in [0, 0.05) is 10.5 Å². The fraction of sp³-hybridized carbons (Fsp3) is 0.143. The van der Waals surface area contributed by atoms with Gasteiger partial charge in [-0.15, -0.1) is 0 Å². The number of rotatable bonds is 4. The third kappa shape index (κ3) is 5.40. The van der Waals surface area contributed by atoms with E-state index in [0.717, 1.165) is 4.47 Å². The molecule has 0 bridgehead atoms. The van der Waals surface area contributed by atoms with E-state index in [9.17, 15) is 18.0 Å². The van der Waals surface area contributed by atoms with Crippen LogP contribution in [0.2, 0.25) is 5.02 Å². The molecule has 1 N–H and O–H groups in total. The molecule has 0 spiro atoms. The van der Waals surface area contributed by atoms with Crippen molar-refractivity contribution < 1.29 is 22.7 Å². The number of carbonyl (C=O) groups excluding carboxylic acids is 1. The Hall–Kier alpha value is -1.80. The number of hydrogen-bond donors (Lipinski definition) is 1. The third-order valence-corrected chi connectivity index (χ3v) is 3.36. The Morgan fingerprint density at radius 2 is 2.04 bits per heavy atom. The van der Waals surface area contributed by atoms with Crippen molar-refractivity contribution in [3.63, 3.8) is 0 Å². The number of ether oxygens (including phenoxy) is 1. The number of aromatic nitrogens is 1. The van der Waals surface area contributed by atoms with Crippen molar-refractivity contribution in [2.75, 3.05) is 11.9 Å². The van der Waals surface area contributed by atoms with Crippen LogP contribution >= 0.6 is 27.5 Å². The Morgan fingerprint density at radius 3 is 2.61 bits per heavy atom. The normalized spacial score (nSPS) is 11.2. The molecule has 1 heterocycles.